The Morgan fingerprint density at radius 3 is 2.14 bits per heavy atom. The Balaban J connectivity index is 1.44. The average Bonchev–Trinajstić information content (AvgIpc) is 2.87. The van der Waals surface area contributed by atoms with Gasteiger partial charge >= 0.3 is 6.18 Å². The third-order valence-electron chi connectivity index (χ3n) is 6.46. The molecule has 4 aromatic rings. The van der Waals surface area contributed by atoms with E-state index in [1.165, 1.54) is 37.0 Å². The summed E-state index contributed by atoms with van der Waals surface area (Å²) in [6.45, 7) is 0.634. The van der Waals surface area contributed by atoms with Crippen LogP contribution >= 0.6 is 0 Å². The van der Waals surface area contributed by atoms with E-state index in [1.54, 1.807) is 12.1 Å². The number of unbranched alkanes of at least 4 members (excludes halogenated alkanes) is 2. The standard InChI is InChI=1S/C31H29F5O/c1-2-3-4-5-21-6-10-23(11-7-21)25-15-16-27-26(19-25)14-13-24(30(27)33)12-8-22-9-17-29(28(32)18-22)37-20-31(34,35)36/h6-7,9-11,13-19H,2-5,8,12,20H2,1H3. The number of benzene rings is 4. The number of aryl methyl sites for hydroxylation is 3. The predicted octanol–water partition coefficient (Wildman–Crippen LogP) is 9.24. The normalized spacial score (nSPS) is 11.7. The number of alkyl halides is 3. The van der Waals surface area contributed by atoms with Gasteiger partial charge in [-0.2, -0.15) is 13.2 Å². The largest absolute Gasteiger partial charge is 0.481 e. The molecule has 0 fully saturated rings. The van der Waals surface area contributed by atoms with E-state index in [-0.39, 0.29) is 5.82 Å². The minimum Gasteiger partial charge on any atom is -0.481 e. The highest BCUT2D eigenvalue weighted by Crippen LogP contribution is 2.29. The van der Waals surface area contributed by atoms with Crippen molar-refractivity contribution in [2.75, 3.05) is 6.61 Å². The summed E-state index contributed by atoms with van der Waals surface area (Å²) in [4.78, 5) is 0. The van der Waals surface area contributed by atoms with Crippen LogP contribution < -0.4 is 4.74 Å². The van der Waals surface area contributed by atoms with Crippen LogP contribution in [-0.4, -0.2) is 12.8 Å². The first-order chi connectivity index (χ1) is 17.7. The van der Waals surface area contributed by atoms with Crippen molar-refractivity contribution in [3.8, 4) is 16.9 Å². The molecule has 0 spiro atoms. The van der Waals surface area contributed by atoms with Gasteiger partial charge in [0.25, 0.3) is 0 Å². The fourth-order valence-corrected chi connectivity index (χ4v) is 4.41. The molecular formula is C31H29F5O. The lowest BCUT2D eigenvalue weighted by Crippen LogP contribution is -2.19. The van der Waals surface area contributed by atoms with Crippen LogP contribution in [-0.2, 0) is 19.3 Å². The third-order valence-corrected chi connectivity index (χ3v) is 6.46. The molecule has 4 rings (SSSR count). The van der Waals surface area contributed by atoms with Crippen LogP contribution in [0.15, 0.2) is 72.8 Å². The van der Waals surface area contributed by atoms with E-state index in [2.05, 4.69) is 35.9 Å². The van der Waals surface area contributed by atoms with Gasteiger partial charge in [0.15, 0.2) is 18.2 Å². The molecule has 6 heteroatoms. The Kier molecular flexibility index (Phi) is 8.47. The molecule has 0 N–H and O–H groups in total. The van der Waals surface area contributed by atoms with E-state index in [1.807, 2.05) is 18.2 Å². The van der Waals surface area contributed by atoms with Crippen LogP contribution in [0.5, 0.6) is 5.75 Å². The van der Waals surface area contributed by atoms with Crippen molar-refractivity contribution in [3.05, 3.63) is 101 Å². The fourth-order valence-electron chi connectivity index (χ4n) is 4.41. The molecule has 0 saturated heterocycles. The summed E-state index contributed by atoms with van der Waals surface area (Å²) in [5, 5.41) is 1.31. The SMILES string of the molecule is CCCCCc1ccc(-c2ccc3c(F)c(CCc4ccc(OCC(F)(F)F)c(F)c4)ccc3c2)cc1. The number of halogens is 5. The van der Waals surface area contributed by atoms with Gasteiger partial charge in [-0.3, -0.25) is 0 Å². The Bertz CT molecular complexity index is 1340. The Labute approximate surface area is 213 Å². The smallest absolute Gasteiger partial charge is 0.422 e. The molecular weight excluding hydrogens is 483 g/mol. The van der Waals surface area contributed by atoms with E-state index >= 15 is 4.39 Å². The number of hydrogen-bond donors (Lipinski definition) is 0. The predicted molar refractivity (Wildman–Crippen MR) is 138 cm³/mol. The first-order valence-corrected chi connectivity index (χ1v) is 12.5. The molecule has 0 amide bonds. The topological polar surface area (TPSA) is 9.23 Å². The van der Waals surface area contributed by atoms with Gasteiger partial charge in [0.1, 0.15) is 5.82 Å². The summed E-state index contributed by atoms with van der Waals surface area (Å²) in [5.41, 5.74) is 4.45. The minimum absolute atomic E-state index is 0.319. The van der Waals surface area contributed by atoms with Gasteiger partial charge < -0.3 is 4.74 Å². The molecule has 0 bridgehead atoms. The van der Waals surface area contributed by atoms with E-state index in [0.717, 1.165) is 29.0 Å². The Hall–Kier alpha value is -3.41. The van der Waals surface area contributed by atoms with Crippen molar-refractivity contribution in [2.45, 2.75) is 51.6 Å². The number of fused-ring (bicyclic) bond motifs is 1. The molecule has 37 heavy (non-hydrogen) atoms. The summed E-state index contributed by atoms with van der Waals surface area (Å²) in [6, 6.07) is 21.6. The number of hydrogen-bond acceptors (Lipinski definition) is 1. The van der Waals surface area contributed by atoms with Crippen molar-refractivity contribution >= 4 is 10.8 Å². The van der Waals surface area contributed by atoms with Gasteiger partial charge in [0.05, 0.1) is 0 Å². The highest BCUT2D eigenvalue weighted by molar-refractivity contribution is 5.88. The second kappa shape index (κ2) is 11.8. The number of rotatable bonds is 10. The first-order valence-electron chi connectivity index (χ1n) is 12.5. The summed E-state index contributed by atoms with van der Waals surface area (Å²) in [7, 11) is 0. The van der Waals surface area contributed by atoms with Crippen molar-refractivity contribution in [2.24, 2.45) is 0 Å². The molecule has 0 unspecified atom stereocenters. The van der Waals surface area contributed by atoms with Gasteiger partial charge in [-0.25, -0.2) is 8.78 Å². The summed E-state index contributed by atoms with van der Waals surface area (Å²) in [5.74, 6) is -1.65. The van der Waals surface area contributed by atoms with Crippen molar-refractivity contribution in [3.63, 3.8) is 0 Å². The molecule has 0 aromatic heterocycles. The lowest BCUT2D eigenvalue weighted by molar-refractivity contribution is -0.153. The van der Waals surface area contributed by atoms with Gasteiger partial charge in [-0.1, -0.05) is 74.4 Å². The second-order valence-corrected chi connectivity index (χ2v) is 9.30. The molecule has 0 radical (unpaired) electrons. The lowest BCUT2D eigenvalue weighted by atomic mass is 9.96. The van der Waals surface area contributed by atoms with Crippen molar-refractivity contribution in [1.82, 2.24) is 0 Å². The number of ether oxygens (including phenoxy) is 1. The van der Waals surface area contributed by atoms with Crippen LogP contribution in [0, 0.1) is 11.6 Å². The molecule has 0 saturated carbocycles. The van der Waals surface area contributed by atoms with Crippen LogP contribution in [0.2, 0.25) is 0 Å². The molecule has 1 nitrogen and oxygen atoms in total. The van der Waals surface area contributed by atoms with Crippen LogP contribution in [0.1, 0.15) is 42.9 Å². The monoisotopic (exact) mass is 512 g/mol. The first kappa shape index (κ1) is 26.6. The maximum absolute atomic E-state index is 15.3. The summed E-state index contributed by atoms with van der Waals surface area (Å²) >= 11 is 0. The fraction of sp³-hybridized carbons (Fsp3) is 0.290. The Morgan fingerprint density at radius 1 is 0.703 bits per heavy atom. The van der Waals surface area contributed by atoms with Gasteiger partial charge in [0, 0.05) is 5.39 Å². The summed E-state index contributed by atoms with van der Waals surface area (Å²) in [6.07, 6.45) is 0.795. The zero-order valence-electron chi connectivity index (χ0n) is 20.7. The Morgan fingerprint density at radius 2 is 1.43 bits per heavy atom. The zero-order chi connectivity index (χ0) is 26.4. The van der Waals surface area contributed by atoms with Crippen molar-refractivity contribution in [1.29, 1.82) is 0 Å². The van der Waals surface area contributed by atoms with Crippen LogP contribution in [0.3, 0.4) is 0 Å². The van der Waals surface area contributed by atoms with Crippen LogP contribution in [0.4, 0.5) is 22.0 Å². The molecule has 4 aromatic carbocycles. The molecule has 0 heterocycles. The molecule has 0 aliphatic heterocycles. The van der Waals surface area contributed by atoms with E-state index < -0.39 is 24.3 Å². The average molecular weight is 513 g/mol. The van der Waals surface area contributed by atoms with Crippen LogP contribution in [0.25, 0.3) is 21.9 Å². The molecule has 0 aliphatic carbocycles. The highest BCUT2D eigenvalue weighted by atomic mass is 19.4. The zero-order valence-corrected chi connectivity index (χ0v) is 20.7. The maximum Gasteiger partial charge on any atom is 0.422 e. The van der Waals surface area contributed by atoms with Gasteiger partial charge in [-0.05, 0) is 77.1 Å². The van der Waals surface area contributed by atoms with E-state index in [9.17, 15) is 17.6 Å². The third kappa shape index (κ3) is 7.09. The van der Waals surface area contributed by atoms with E-state index in [4.69, 9.17) is 0 Å². The molecule has 0 atom stereocenters. The quantitative estimate of drug-likeness (QED) is 0.152. The van der Waals surface area contributed by atoms with Gasteiger partial charge in [-0.15, -0.1) is 0 Å². The molecule has 194 valence electrons. The van der Waals surface area contributed by atoms with Crippen molar-refractivity contribution < 1.29 is 26.7 Å². The van der Waals surface area contributed by atoms with E-state index in [0.29, 0.717) is 29.4 Å². The minimum atomic E-state index is -4.54. The van der Waals surface area contributed by atoms with Gasteiger partial charge in [0.2, 0.25) is 0 Å². The summed E-state index contributed by atoms with van der Waals surface area (Å²) < 4.78 is 70.8. The lowest BCUT2D eigenvalue weighted by Gasteiger charge is -2.11. The molecule has 0 aliphatic rings. The maximum atomic E-state index is 15.3. The second-order valence-electron chi connectivity index (χ2n) is 9.30. The highest BCUT2D eigenvalue weighted by Gasteiger charge is 2.29.